The minimum Gasteiger partial charge on any atom is -0.482 e. The molecule has 0 fully saturated rings. The van der Waals surface area contributed by atoms with Crippen molar-refractivity contribution in [3.05, 3.63) is 88.9 Å². The highest BCUT2D eigenvalue weighted by molar-refractivity contribution is 6.31. The standard InChI is InChI=1S/C24H20ClN3O4/c25-18-9-10-21-20(12-18)28(23(30)15-32-21)14-22(29)26-13-16-5-4-6-17(11-16)24(31)27-19-7-2-1-3-8-19/h1-12H,13-15H2,(H,26,29)(H,27,31). The van der Waals surface area contributed by atoms with Crippen LogP contribution in [0, 0.1) is 0 Å². The molecule has 0 saturated heterocycles. The van der Waals surface area contributed by atoms with E-state index >= 15 is 0 Å². The monoisotopic (exact) mass is 449 g/mol. The van der Waals surface area contributed by atoms with Crippen LogP contribution in [0.3, 0.4) is 0 Å². The first-order valence-corrected chi connectivity index (χ1v) is 10.3. The molecule has 0 saturated carbocycles. The van der Waals surface area contributed by atoms with Crippen LogP contribution < -0.4 is 20.3 Å². The van der Waals surface area contributed by atoms with Crippen LogP contribution >= 0.6 is 11.6 Å². The SMILES string of the molecule is O=C(CN1C(=O)COc2ccc(Cl)cc21)NCc1cccc(C(=O)Nc2ccccc2)c1. The van der Waals surface area contributed by atoms with E-state index in [1.54, 1.807) is 48.5 Å². The molecule has 1 aliphatic heterocycles. The second-order valence-corrected chi connectivity index (χ2v) is 7.61. The molecule has 4 rings (SSSR count). The Morgan fingerprint density at radius 3 is 2.62 bits per heavy atom. The predicted molar refractivity (Wildman–Crippen MR) is 122 cm³/mol. The number of benzene rings is 3. The van der Waals surface area contributed by atoms with Crippen molar-refractivity contribution in [2.75, 3.05) is 23.4 Å². The zero-order chi connectivity index (χ0) is 22.5. The third-order valence-corrected chi connectivity index (χ3v) is 5.11. The van der Waals surface area contributed by atoms with Gasteiger partial charge in [-0.15, -0.1) is 0 Å². The van der Waals surface area contributed by atoms with Crippen LogP contribution in [0.25, 0.3) is 0 Å². The summed E-state index contributed by atoms with van der Waals surface area (Å²) in [4.78, 5) is 38.6. The smallest absolute Gasteiger partial charge is 0.265 e. The number of para-hydroxylation sites is 1. The number of nitrogens with zero attached hydrogens (tertiary/aromatic N) is 1. The number of hydrogen-bond donors (Lipinski definition) is 2. The summed E-state index contributed by atoms with van der Waals surface area (Å²) >= 11 is 6.03. The van der Waals surface area contributed by atoms with Gasteiger partial charge in [0.05, 0.1) is 5.69 Å². The summed E-state index contributed by atoms with van der Waals surface area (Å²) in [7, 11) is 0. The van der Waals surface area contributed by atoms with Gasteiger partial charge in [-0.2, -0.15) is 0 Å². The molecule has 0 aliphatic carbocycles. The Balaban J connectivity index is 1.38. The van der Waals surface area contributed by atoms with Gasteiger partial charge in [-0.3, -0.25) is 19.3 Å². The van der Waals surface area contributed by atoms with Crippen molar-refractivity contribution >= 4 is 40.7 Å². The molecule has 0 aromatic heterocycles. The van der Waals surface area contributed by atoms with E-state index in [0.29, 0.717) is 27.7 Å². The lowest BCUT2D eigenvalue weighted by molar-refractivity contribution is -0.125. The highest BCUT2D eigenvalue weighted by atomic mass is 35.5. The Labute approximate surface area is 189 Å². The minimum atomic E-state index is -0.342. The van der Waals surface area contributed by atoms with Crippen molar-refractivity contribution in [3.63, 3.8) is 0 Å². The van der Waals surface area contributed by atoms with Gasteiger partial charge in [-0.25, -0.2) is 0 Å². The maximum absolute atomic E-state index is 12.5. The molecular weight excluding hydrogens is 430 g/mol. The van der Waals surface area contributed by atoms with Gasteiger partial charge in [-0.1, -0.05) is 41.9 Å². The average Bonchev–Trinajstić information content (AvgIpc) is 2.80. The number of carbonyl (C=O) groups is 3. The molecule has 3 amide bonds. The van der Waals surface area contributed by atoms with E-state index in [1.807, 2.05) is 24.3 Å². The molecule has 162 valence electrons. The fraction of sp³-hybridized carbons (Fsp3) is 0.125. The first-order chi connectivity index (χ1) is 15.5. The van der Waals surface area contributed by atoms with Crippen molar-refractivity contribution in [1.82, 2.24) is 5.32 Å². The van der Waals surface area contributed by atoms with Gasteiger partial charge in [-0.05, 0) is 48.0 Å². The van der Waals surface area contributed by atoms with Gasteiger partial charge >= 0.3 is 0 Å². The molecule has 0 radical (unpaired) electrons. The maximum atomic E-state index is 12.5. The Bertz CT molecular complexity index is 1170. The van der Waals surface area contributed by atoms with E-state index in [2.05, 4.69) is 10.6 Å². The van der Waals surface area contributed by atoms with Crippen molar-refractivity contribution < 1.29 is 19.1 Å². The Hall–Kier alpha value is -3.84. The molecule has 3 aromatic rings. The molecule has 7 nitrogen and oxygen atoms in total. The van der Waals surface area contributed by atoms with Crippen LogP contribution in [-0.2, 0) is 16.1 Å². The van der Waals surface area contributed by atoms with Crippen LogP contribution in [0.2, 0.25) is 5.02 Å². The van der Waals surface area contributed by atoms with Crippen LogP contribution in [0.15, 0.2) is 72.8 Å². The normalized spacial score (nSPS) is 12.5. The van der Waals surface area contributed by atoms with E-state index in [9.17, 15) is 14.4 Å². The minimum absolute atomic E-state index is 0.138. The molecule has 0 bridgehead atoms. The number of hydrogen-bond acceptors (Lipinski definition) is 4. The van der Waals surface area contributed by atoms with Gasteiger partial charge < -0.3 is 15.4 Å². The van der Waals surface area contributed by atoms with Crippen LogP contribution in [0.1, 0.15) is 15.9 Å². The summed E-state index contributed by atoms with van der Waals surface area (Å²) in [6, 6.07) is 21.1. The summed E-state index contributed by atoms with van der Waals surface area (Å²) in [5.41, 5.74) is 2.40. The zero-order valence-electron chi connectivity index (χ0n) is 17.0. The van der Waals surface area contributed by atoms with Crippen molar-refractivity contribution in [1.29, 1.82) is 0 Å². The molecule has 0 atom stereocenters. The second kappa shape index (κ2) is 9.53. The average molecular weight is 450 g/mol. The topological polar surface area (TPSA) is 87.7 Å². The highest BCUT2D eigenvalue weighted by Gasteiger charge is 2.27. The summed E-state index contributed by atoms with van der Waals surface area (Å²) in [6.45, 7) is -0.0869. The third kappa shape index (κ3) is 5.07. The number of anilines is 2. The van der Waals surface area contributed by atoms with E-state index in [-0.39, 0.29) is 37.4 Å². The van der Waals surface area contributed by atoms with Crippen LogP contribution in [0.5, 0.6) is 5.75 Å². The van der Waals surface area contributed by atoms with Gasteiger partial charge in [0.2, 0.25) is 5.91 Å². The van der Waals surface area contributed by atoms with Crippen LogP contribution in [0.4, 0.5) is 11.4 Å². The predicted octanol–water partition coefficient (Wildman–Crippen LogP) is 3.63. The molecule has 2 N–H and O–H groups in total. The third-order valence-electron chi connectivity index (χ3n) is 4.88. The Morgan fingerprint density at radius 1 is 1.00 bits per heavy atom. The first-order valence-electron chi connectivity index (χ1n) is 9.94. The highest BCUT2D eigenvalue weighted by Crippen LogP contribution is 2.34. The van der Waals surface area contributed by atoms with Crippen molar-refractivity contribution in [2.24, 2.45) is 0 Å². The Morgan fingerprint density at radius 2 is 1.81 bits per heavy atom. The molecule has 0 spiro atoms. The van der Waals surface area contributed by atoms with Gasteiger partial charge in [0.15, 0.2) is 6.61 Å². The fourth-order valence-electron chi connectivity index (χ4n) is 3.30. The second-order valence-electron chi connectivity index (χ2n) is 7.18. The molecular formula is C24H20ClN3O4. The van der Waals surface area contributed by atoms with E-state index in [4.69, 9.17) is 16.3 Å². The van der Waals surface area contributed by atoms with E-state index in [0.717, 1.165) is 5.56 Å². The maximum Gasteiger partial charge on any atom is 0.265 e. The molecule has 3 aromatic carbocycles. The summed E-state index contributed by atoms with van der Waals surface area (Å²) < 4.78 is 5.39. The number of ether oxygens (including phenoxy) is 1. The molecule has 8 heteroatoms. The number of fused-ring (bicyclic) bond motifs is 1. The number of nitrogens with one attached hydrogen (secondary N) is 2. The number of rotatable bonds is 6. The van der Waals surface area contributed by atoms with Crippen molar-refractivity contribution in [3.8, 4) is 5.75 Å². The van der Waals surface area contributed by atoms with E-state index in [1.165, 1.54) is 4.90 Å². The van der Waals surface area contributed by atoms with E-state index < -0.39 is 0 Å². The van der Waals surface area contributed by atoms with Gasteiger partial charge in [0.1, 0.15) is 12.3 Å². The lowest BCUT2D eigenvalue weighted by atomic mass is 10.1. The van der Waals surface area contributed by atoms with Crippen LogP contribution in [-0.4, -0.2) is 30.9 Å². The molecule has 32 heavy (non-hydrogen) atoms. The molecule has 1 heterocycles. The lowest BCUT2D eigenvalue weighted by Crippen LogP contribution is -2.45. The number of carbonyl (C=O) groups excluding carboxylic acids is 3. The molecule has 0 unspecified atom stereocenters. The van der Waals surface area contributed by atoms with Gasteiger partial charge in [0.25, 0.3) is 11.8 Å². The van der Waals surface area contributed by atoms with Crippen molar-refractivity contribution in [2.45, 2.75) is 6.54 Å². The first kappa shape index (κ1) is 21.4. The summed E-state index contributed by atoms with van der Waals surface area (Å²) in [6.07, 6.45) is 0. The van der Waals surface area contributed by atoms with Gasteiger partial charge in [0, 0.05) is 22.8 Å². The lowest BCUT2D eigenvalue weighted by Gasteiger charge is -2.29. The Kier molecular flexibility index (Phi) is 6.37. The quantitative estimate of drug-likeness (QED) is 0.601. The zero-order valence-corrected chi connectivity index (χ0v) is 17.8. The largest absolute Gasteiger partial charge is 0.482 e. The fourth-order valence-corrected chi connectivity index (χ4v) is 3.46. The summed E-state index contributed by atoms with van der Waals surface area (Å²) in [5.74, 6) is -0.407. The number of amides is 3. The summed E-state index contributed by atoms with van der Waals surface area (Å²) in [5, 5.41) is 6.06. The number of halogens is 1. The molecule has 1 aliphatic rings.